The maximum atomic E-state index is 7.32. The number of hydrogen-bond donors (Lipinski definition) is 2. The Morgan fingerprint density at radius 1 is 0.840 bits per heavy atom. The van der Waals surface area contributed by atoms with E-state index in [1.165, 1.54) is 6.92 Å². The molecule has 5 nitrogen and oxygen atoms in total. The van der Waals surface area contributed by atoms with Gasteiger partial charge in [0.15, 0.2) is 0 Å². The van der Waals surface area contributed by atoms with Gasteiger partial charge in [-0.25, -0.2) is 0 Å². The third-order valence-corrected chi connectivity index (χ3v) is 2.70. The molecule has 4 aromatic rings. The molecule has 2 aromatic carbocycles. The first-order chi connectivity index (χ1) is 12.1. The fourth-order valence-electron chi connectivity index (χ4n) is 1.77. The van der Waals surface area contributed by atoms with Gasteiger partial charge in [0.1, 0.15) is 0 Å². The van der Waals surface area contributed by atoms with Crippen molar-refractivity contribution in [1.82, 2.24) is 20.4 Å². The first-order valence-corrected chi connectivity index (χ1v) is 13.5. The summed E-state index contributed by atoms with van der Waals surface area (Å²) in [6, 6.07) is 17.8. The summed E-state index contributed by atoms with van der Waals surface area (Å²) in [4.78, 5) is 0. The van der Waals surface area contributed by atoms with Crippen molar-refractivity contribution in [1.29, 1.82) is 5.26 Å². The van der Waals surface area contributed by atoms with Gasteiger partial charge in [0, 0.05) is 17.7 Å². The van der Waals surface area contributed by atoms with E-state index in [0.717, 1.165) is 21.8 Å². The Balaban J connectivity index is 0.000000185. The molecule has 2 aromatic heterocycles. The Kier molecular flexibility index (Phi) is 10.9. The summed E-state index contributed by atoms with van der Waals surface area (Å²) in [7, 11) is 14.8. The van der Waals surface area contributed by atoms with Gasteiger partial charge < -0.3 is 0 Å². The quantitative estimate of drug-likeness (QED) is 0.313. The number of rotatable bonds is 0. The second-order valence-electron chi connectivity index (χ2n) is 4.29. The normalized spacial score (nSPS) is 9.48. The van der Waals surface area contributed by atoms with Crippen molar-refractivity contribution in [3.05, 3.63) is 60.9 Å². The number of aromatic amines is 2. The fraction of sp³-hybridized carbons (Fsp3) is 0.0625. The zero-order valence-corrected chi connectivity index (χ0v) is 17.1. The minimum absolute atomic E-state index is 1.09. The van der Waals surface area contributed by atoms with Crippen LogP contribution in [0.15, 0.2) is 60.9 Å². The smallest absolute Gasteiger partial charge is 0.0650 e. The van der Waals surface area contributed by atoms with Crippen LogP contribution in [0.25, 0.3) is 21.8 Å². The van der Waals surface area contributed by atoms with Crippen molar-refractivity contribution < 1.29 is 13.0 Å². The van der Waals surface area contributed by atoms with E-state index >= 15 is 0 Å². The number of para-hydroxylation sites is 2. The van der Waals surface area contributed by atoms with Gasteiger partial charge in [-0.1, -0.05) is 36.4 Å². The molecule has 0 aliphatic heterocycles. The predicted octanol–water partition coefficient (Wildman–Crippen LogP) is 5.72. The van der Waals surface area contributed by atoms with Crippen LogP contribution in [-0.2, 0) is 13.0 Å². The molecule has 2 N–H and O–H groups in total. The van der Waals surface area contributed by atoms with Gasteiger partial charge in [0.25, 0.3) is 0 Å². The number of fused-ring (bicyclic) bond motifs is 2. The van der Waals surface area contributed by atoms with Crippen molar-refractivity contribution >= 4 is 50.9 Å². The minimum Gasteiger partial charge on any atom is -0.278 e. The molecule has 4 rings (SSSR count). The molecule has 25 heavy (non-hydrogen) atoms. The van der Waals surface area contributed by atoms with Crippen molar-refractivity contribution in [2.75, 3.05) is 0 Å². The van der Waals surface area contributed by atoms with E-state index in [2.05, 4.69) is 20.4 Å². The molecule has 0 radical (unpaired) electrons. The average molecular weight is 485 g/mol. The number of hydrogen-bond acceptors (Lipinski definition) is 3. The number of halogens is 3. The van der Waals surface area contributed by atoms with E-state index in [-0.39, 0.29) is 0 Å². The number of aromatic nitrogens is 4. The van der Waals surface area contributed by atoms with Gasteiger partial charge in [-0.05, 0) is 12.1 Å². The predicted molar refractivity (Wildman–Crippen MR) is 101 cm³/mol. The van der Waals surface area contributed by atoms with Gasteiger partial charge in [-0.3, -0.25) is 10.2 Å². The van der Waals surface area contributed by atoms with Crippen molar-refractivity contribution in [3.8, 4) is 6.07 Å². The molecule has 0 spiro atoms. The third-order valence-electron chi connectivity index (χ3n) is 2.70. The van der Waals surface area contributed by atoms with E-state index in [4.69, 9.17) is 34.3 Å². The van der Waals surface area contributed by atoms with E-state index in [0.29, 0.717) is 0 Å². The summed E-state index contributed by atoms with van der Waals surface area (Å²) < 4.78 is 0. The molecule has 0 aliphatic rings. The first kappa shape index (κ1) is 21.4. The molecule has 0 amide bonds. The van der Waals surface area contributed by atoms with E-state index in [9.17, 15) is 0 Å². The van der Waals surface area contributed by atoms with E-state index in [1.54, 1.807) is 6.07 Å². The van der Waals surface area contributed by atoms with Gasteiger partial charge >= 0.3 is 42.1 Å². The molecule has 0 atom stereocenters. The van der Waals surface area contributed by atoms with E-state index in [1.807, 2.05) is 60.9 Å². The summed E-state index contributed by atoms with van der Waals surface area (Å²) in [6.45, 7) is 1.43. The Bertz CT molecular complexity index is 772. The van der Waals surface area contributed by atoms with Crippen LogP contribution >= 0.6 is 29.1 Å². The Morgan fingerprint density at radius 3 is 1.48 bits per heavy atom. The standard InChI is InChI=1S/2C7H6N2.C2H3N.3ClH.Ru/c2*1-2-4-7-6(3-1)5-8-9-7;1-2-3;;;;/h2*1-5H,(H,8,9);1H3;3*1H;/q;;;;;;+3/p-3. The summed E-state index contributed by atoms with van der Waals surface area (Å²) >= 11 is -1.75. The number of nitrogens with one attached hydrogen (secondary N) is 2. The van der Waals surface area contributed by atoms with Crippen LogP contribution in [0.1, 0.15) is 6.92 Å². The van der Waals surface area contributed by atoms with Gasteiger partial charge in [0.05, 0.1) is 29.5 Å². The Labute approximate surface area is 162 Å². The zero-order valence-electron chi connectivity index (χ0n) is 13.1. The monoisotopic (exact) mass is 484 g/mol. The summed E-state index contributed by atoms with van der Waals surface area (Å²) in [5.74, 6) is 0. The largest absolute Gasteiger partial charge is 0.278 e. The molecular formula is C16H15Cl3N5Ru. The molecule has 2 heterocycles. The third kappa shape index (κ3) is 8.85. The molecule has 0 unspecified atom stereocenters. The molecule has 0 saturated heterocycles. The van der Waals surface area contributed by atoms with Crippen LogP contribution in [0.2, 0.25) is 0 Å². The van der Waals surface area contributed by atoms with Gasteiger partial charge in [0.2, 0.25) is 0 Å². The second kappa shape index (κ2) is 12.7. The molecular weight excluding hydrogens is 470 g/mol. The number of benzene rings is 2. The minimum atomic E-state index is -1.75. The Hall–Kier alpha value is -1.64. The van der Waals surface area contributed by atoms with Crippen LogP contribution in [0.3, 0.4) is 0 Å². The molecule has 0 bridgehead atoms. The average Bonchev–Trinajstić information content (AvgIpc) is 3.24. The maximum Gasteiger partial charge on any atom is 0.0650 e. The second-order valence-corrected chi connectivity index (χ2v) is 12.2. The Morgan fingerprint density at radius 2 is 1.16 bits per heavy atom. The maximum absolute atomic E-state index is 7.32. The van der Waals surface area contributed by atoms with Crippen molar-refractivity contribution in [2.45, 2.75) is 6.92 Å². The summed E-state index contributed by atoms with van der Waals surface area (Å²) in [6.07, 6.45) is 3.63. The molecule has 0 saturated carbocycles. The van der Waals surface area contributed by atoms with Crippen LogP contribution < -0.4 is 0 Å². The SMILES string of the molecule is CC#N.[Cl][Ru]([Cl])[Cl].c1ccc2[nH]ncc2c1.c1ccc2[nH]ncc2c1. The molecule has 133 valence electrons. The molecule has 0 aliphatic carbocycles. The van der Waals surface area contributed by atoms with Crippen LogP contribution in [0, 0.1) is 11.3 Å². The van der Waals surface area contributed by atoms with Crippen LogP contribution in [0.4, 0.5) is 0 Å². The number of nitrogens with zero attached hydrogens (tertiary/aromatic N) is 3. The topological polar surface area (TPSA) is 81.1 Å². The summed E-state index contributed by atoms with van der Waals surface area (Å²) in [5, 5.41) is 23.1. The fourth-order valence-corrected chi connectivity index (χ4v) is 1.77. The van der Waals surface area contributed by atoms with Crippen LogP contribution in [-0.4, -0.2) is 20.4 Å². The van der Waals surface area contributed by atoms with Crippen molar-refractivity contribution in [2.24, 2.45) is 0 Å². The zero-order chi connectivity index (χ0) is 18.5. The first-order valence-electron chi connectivity index (χ1n) is 6.82. The molecule has 0 fully saturated rings. The van der Waals surface area contributed by atoms with Crippen LogP contribution in [0.5, 0.6) is 0 Å². The number of nitriles is 1. The summed E-state index contributed by atoms with van der Waals surface area (Å²) in [5.41, 5.74) is 2.19. The molecule has 9 heteroatoms. The van der Waals surface area contributed by atoms with Gasteiger partial charge in [-0.2, -0.15) is 15.5 Å². The van der Waals surface area contributed by atoms with E-state index < -0.39 is 13.0 Å². The number of H-pyrrole nitrogens is 2. The van der Waals surface area contributed by atoms with Gasteiger partial charge in [-0.15, -0.1) is 0 Å². The van der Waals surface area contributed by atoms with Crippen molar-refractivity contribution in [3.63, 3.8) is 0 Å².